The molecule has 3 heterocycles. The van der Waals surface area contributed by atoms with Crippen LogP contribution >= 0.6 is 22.7 Å². The number of nitrogens with zero attached hydrogens (tertiary/aromatic N) is 2. The molecule has 1 unspecified atom stereocenters. The molecule has 1 aliphatic heterocycles. The number of piperidine rings is 1. The van der Waals surface area contributed by atoms with Crippen LogP contribution in [0.5, 0.6) is 0 Å². The summed E-state index contributed by atoms with van der Waals surface area (Å²) >= 11 is 3.13. The smallest absolute Gasteiger partial charge is 0.266 e. The summed E-state index contributed by atoms with van der Waals surface area (Å²) in [6.45, 7) is 2.83. The predicted octanol–water partition coefficient (Wildman–Crippen LogP) is 3.56. The summed E-state index contributed by atoms with van der Waals surface area (Å²) in [6, 6.07) is 4.20. The molecule has 0 aliphatic carbocycles. The van der Waals surface area contributed by atoms with Crippen LogP contribution in [0.1, 0.15) is 41.0 Å². The second-order valence-electron chi connectivity index (χ2n) is 5.57. The SMILES string of the molecule is Cc1nc(-c2cccs2)sc1C(=O)N1CCCCC1CCO. The maximum atomic E-state index is 12.9. The van der Waals surface area contributed by atoms with Gasteiger partial charge in [-0.2, -0.15) is 0 Å². The van der Waals surface area contributed by atoms with Gasteiger partial charge in [-0.25, -0.2) is 4.98 Å². The first-order valence-electron chi connectivity index (χ1n) is 7.64. The average Bonchev–Trinajstić information content (AvgIpc) is 3.17. The van der Waals surface area contributed by atoms with Crippen LogP contribution in [-0.2, 0) is 0 Å². The fraction of sp³-hybridized carbons (Fsp3) is 0.500. The van der Waals surface area contributed by atoms with Crippen LogP contribution in [0, 0.1) is 6.92 Å². The maximum absolute atomic E-state index is 12.9. The van der Waals surface area contributed by atoms with Gasteiger partial charge in [0.15, 0.2) is 0 Å². The van der Waals surface area contributed by atoms with Crippen LogP contribution in [0.15, 0.2) is 17.5 Å². The number of thiophene rings is 1. The first-order chi connectivity index (χ1) is 10.7. The van der Waals surface area contributed by atoms with E-state index in [-0.39, 0.29) is 18.6 Å². The number of carbonyl (C=O) groups excluding carboxylic acids is 1. The van der Waals surface area contributed by atoms with Gasteiger partial charge in [0, 0.05) is 19.2 Å². The van der Waals surface area contributed by atoms with Crippen LogP contribution in [0.2, 0.25) is 0 Å². The highest BCUT2D eigenvalue weighted by molar-refractivity contribution is 7.22. The Morgan fingerprint density at radius 3 is 3.09 bits per heavy atom. The van der Waals surface area contributed by atoms with Crippen LogP contribution in [0.4, 0.5) is 0 Å². The van der Waals surface area contributed by atoms with Crippen molar-refractivity contribution in [3.05, 3.63) is 28.1 Å². The van der Waals surface area contributed by atoms with E-state index in [1.165, 1.54) is 11.3 Å². The van der Waals surface area contributed by atoms with Crippen molar-refractivity contribution in [1.29, 1.82) is 0 Å². The molecule has 0 bridgehead atoms. The molecule has 4 nitrogen and oxygen atoms in total. The highest BCUT2D eigenvalue weighted by atomic mass is 32.1. The van der Waals surface area contributed by atoms with E-state index in [1.54, 1.807) is 11.3 Å². The van der Waals surface area contributed by atoms with E-state index in [0.29, 0.717) is 6.42 Å². The van der Waals surface area contributed by atoms with Gasteiger partial charge in [-0.15, -0.1) is 22.7 Å². The topological polar surface area (TPSA) is 53.4 Å². The number of hydrogen-bond donors (Lipinski definition) is 1. The van der Waals surface area contributed by atoms with E-state index in [4.69, 9.17) is 0 Å². The van der Waals surface area contributed by atoms with Gasteiger partial charge in [-0.1, -0.05) is 6.07 Å². The minimum Gasteiger partial charge on any atom is -0.396 e. The van der Waals surface area contributed by atoms with Crippen molar-refractivity contribution in [3.8, 4) is 9.88 Å². The Hall–Kier alpha value is -1.24. The Balaban J connectivity index is 1.85. The van der Waals surface area contributed by atoms with E-state index in [1.807, 2.05) is 29.3 Å². The van der Waals surface area contributed by atoms with E-state index < -0.39 is 0 Å². The van der Waals surface area contributed by atoms with E-state index in [2.05, 4.69) is 4.98 Å². The number of aliphatic hydroxyl groups is 1. The highest BCUT2D eigenvalue weighted by Gasteiger charge is 2.29. The number of amides is 1. The van der Waals surface area contributed by atoms with Crippen molar-refractivity contribution in [2.45, 2.75) is 38.6 Å². The van der Waals surface area contributed by atoms with Crippen molar-refractivity contribution in [3.63, 3.8) is 0 Å². The van der Waals surface area contributed by atoms with E-state index in [9.17, 15) is 9.90 Å². The molecule has 2 aromatic rings. The fourth-order valence-electron chi connectivity index (χ4n) is 2.95. The largest absolute Gasteiger partial charge is 0.396 e. The summed E-state index contributed by atoms with van der Waals surface area (Å²) in [4.78, 5) is 21.3. The number of aromatic nitrogens is 1. The first kappa shape index (κ1) is 15.6. The normalized spacial score (nSPS) is 18.6. The molecule has 6 heteroatoms. The summed E-state index contributed by atoms with van der Waals surface area (Å²) in [5.41, 5.74) is 0.812. The van der Waals surface area contributed by atoms with Gasteiger partial charge in [0.1, 0.15) is 9.88 Å². The molecule has 1 aliphatic rings. The maximum Gasteiger partial charge on any atom is 0.266 e. The van der Waals surface area contributed by atoms with Crippen molar-refractivity contribution < 1.29 is 9.90 Å². The molecular weight excluding hydrogens is 316 g/mol. The number of rotatable bonds is 4. The number of likely N-dealkylation sites (tertiary alicyclic amines) is 1. The van der Waals surface area contributed by atoms with Gasteiger partial charge in [0.25, 0.3) is 5.91 Å². The van der Waals surface area contributed by atoms with Crippen LogP contribution in [-0.4, -0.2) is 40.1 Å². The lowest BCUT2D eigenvalue weighted by Crippen LogP contribution is -2.44. The van der Waals surface area contributed by atoms with Crippen molar-refractivity contribution in [1.82, 2.24) is 9.88 Å². The Kier molecular flexibility index (Phi) is 4.90. The number of hydrogen-bond acceptors (Lipinski definition) is 5. The second kappa shape index (κ2) is 6.89. The molecule has 0 aromatic carbocycles. The second-order valence-corrected chi connectivity index (χ2v) is 7.52. The summed E-state index contributed by atoms with van der Waals surface area (Å²) in [6.07, 6.45) is 3.84. The standard InChI is InChI=1S/C16H20N2O2S2/c1-11-14(22-15(17-11)13-6-4-10-21-13)16(20)18-8-3-2-5-12(18)7-9-19/h4,6,10,12,19H,2-3,5,7-9H2,1H3. The monoisotopic (exact) mass is 336 g/mol. The van der Waals surface area contributed by atoms with Gasteiger partial charge in [0.2, 0.25) is 0 Å². The third kappa shape index (κ3) is 3.09. The molecular formula is C16H20N2O2S2. The van der Waals surface area contributed by atoms with Gasteiger partial charge < -0.3 is 10.0 Å². The Labute approximate surface area is 138 Å². The van der Waals surface area contributed by atoms with Gasteiger partial charge in [-0.3, -0.25) is 4.79 Å². The molecule has 1 amide bonds. The quantitative estimate of drug-likeness (QED) is 0.929. The molecule has 118 valence electrons. The molecule has 1 N–H and O–H groups in total. The first-order valence-corrected chi connectivity index (χ1v) is 9.33. The van der Waals surface area contributed by atoms with E-state index in [0.717, 1.165) is 46.3 Å². The molecule has 0 spiro atoms. The third-order valence-electron chi connectivity index (χ3n) is 4.07. The van der Waals surface area contributed by atoms with Crippen molar-refractivity contribution in [2.75, 3.05) is 13.2 Å². The number of thiazole rings is 1. The van der Waals surface area contributed by atoms with Crippen molar-refractivity contribution in [2.24, 2.45) is 0 Å². The van der Waals surface area contributed by atoms with Gasteiger partial charge >= 0.3 is 0 Å². The fourth-order valence-corrected chi connectivity index (χ4v) is 4.77. The van der Waals surface area contributed by atoms with Gasteiger partial charge in [-0.05, 0) is 44.1 Å². The molecule has 22 heavy (non-hydrogen) atoms. The lowest BCUT2D eigenvalue weighted by molar-refractivity contribution is 0.0578. The summed E-state index contributed by atoms with van der Waals surface area (Å²) in [5, 5.41) is 12.2. The lowest BCUT2D eigenvalue weighted by Gasteiger charge is -2.35. The summed E-state index contributed by atoms with van der Waals surface area (Å²) in [7, 11) is 0. The Morgan fingerprint density at radius 1 is 1.50 bits per heavy atom. The third-order valence-corrected chi connectivity index (χ3v) is 6.26. The zero-order chi connectivity index (χ0) is 15.5. The average molecular weight is 336 g/mol. The summed E-state index contributed by atoms with van der Waals surface area (Å²) in [5.74, 6) is 0.0796. The zero-order valence-corrected chi connectivity index (χ0v) is 14.3. The predicted molar refractivity (Wildman–Crippen MR) is 90.5 cm³/mol. The minimum atomic E-state index is 0.0796. The number of aliphatic hydroxyl groups excluding tert-OH is 1. The minimum absolute atomic E-state index is 0.0796. The molecule has 2 aromatic heterocycles. The molecule has 1 saturated heterocycles. The number of aryl methyl sites for hydroxylation is 1. The Bertz CT molecular complexity index is 635. The lowest BCUT2D eigenvalue weighted by atomic mass is 9.99. The molecule has 0 radical (unpaired) electrons. The zero-order valence-electron chi connectivity index (χ0n) is 12.6. The highest BCUT2D eigenvalue weighted by Crippen LogP contribution is 2.33. The van der Waals surface area contributed by atoms with Crippen LogP contribution < -0.4 is 0 Å². The molecule has 3 rings (SSSR count). The Morgan fingerprint density at radius 2 is 2.36 bits per heavy atom. The number of carbonyl (C=O) groups is 1. The van der Waals surface area contributed by atoms with Crippen LogP contribution in [0.25, 0.3) is 9.88 Å². The molecule has 1 fully saturated rings. The van der Waals surface area contributed by atoms with Crippen molar-refractivity contribution >= 4 is 28.6 Å². The van der Waals surface area contributed by atoms with Crippen LogP contribution in [0.3, 0.4) is 0 Å². The molecule has 0 saturated carbocycles. The summed E-state index contributed by atoms with van der Waals surface area (Å²) < 4.78 is 0. The van der Waals surface area contributed by atoms with E-state index >= 15 is 0 Å². The van der Waals surface area contributed by atoms with Gasteiger partial charge in [0.05, 0.1) is 10.6 Å². The molecule has 1 atom stereocenters.